The first-order chi connectivity index (χ1) is 14.1. The van der Waals surface area contributed by atoms with Gasteiger partial charge in [0.1, 0.15) is 0 Å². The molecule has 2 heterocycles. The van der Waals surface area contributed by atoms with Gasteiger partial charge in [-0.1, -0.05) is 35.9 Å². The average molecular weight is 404 g/mol. The smallest absolute Gasteiger partial charge is 0.226 e. The van der Waals surface area contributed by atoms with Gasteiger partial charge in [0.25, 0.3) is 0 Å². The number of anilines is 1. The van der Waals surface area contributed by atoms with Crippen LogP contribution in [0.1, 0.15) is 12.0 Å². The van der Waals surface area contributed by atoms with E-state index in [1.165, 1.54) is 0 Å². The normalized spacial score (nSPS) is 10.8. The summed E-state index contributed by atoms with van der Waals surface area (Å²) in [6, 6.07) is 15.6. The Bertz CT molecular complexity index is 1190. The van der Waals surface area contributed by atoms with E-state index in [9.17, 15) is 4.79 Å². The maximum atomic E-state index is 12.6. The van der Waals surface area contributed by atoms with Crippen LogP contribution < -0.4 is 5.32 Å². The molecule has 2 N–H and O–H groups in total. The third-order valence-electron chi connectivity index (χ3n) is 4.56. The molecule has 0 radical (unpaired) electrons. The van der Waals surface area contributed by atoms with Crippen LogP contribution in [0.2, 0.25) is 0 Å². The molecule has 0 saturated heterocycles. The lowest BCUT2D eigenvalue weighted by atomic mass is 10.1. The Morgan fingerprint density at radius 3 is 2.86 bits per heavy atom. The lowest BCUT2D eigenvalue weighted by Gasteiger charge is -2.12. The molecule has 4 aromatic rings. The monoisotopic (exact) mass is 404 g/mol. The molecule has 0 spiro atoms. The number of carbonyl (C=O) groups is 1. The maximum absolute atomic E-state index is 12.6. The molecule has 1 amide bonds. The third kappa shape index (κ3) is 4.17. The van der Waals surface area contributed by atoms with E-state index in [0.717, 1.165) is 28.3 Å². The topological polar surface area (TPSA) is 80.5 Å². The van der Waals surface area contributed by atoms with Crippen LogP contribution in [0.25, 0.3) is 17.1 Å². The standard InChI is InChI=1S/C21H20N6OS/c1-15-5-4-6-16(13-15)20-24-25-21(29)27(20)11-9-19(28)23-17-7-2-3-8-18(17)26-12-10-22-14-26/h2-8,10,12-14H,9,11H2,1H3,(H,23,28)(H,25,29). The predicted molar refractivity (Wildman–Crippen MR) is 114 cm³/mol. The molecule has 29 heavy (non-hydrogen) atoms. The predicted octanol–water partition coefficient (Wildman–Crippen LogP) is 4.13. The summed E-state index contributed by atoms with van der Waals surface area (Å²) < 4.78 is 4.21. The summed E-state index contributed by atoms with van der Waals surface area (Å²) in [6.45, 7) is 2.46. The molecule has 7 nitrogen and oxygen atoms in total. The fourth-order valence-corrected chi connectivity index (χ4v) is 3.39. The fourth-order valence-electron chi connectivity index (χ4n) is 3.16. The van der Waals surface area contributed by atoms with Gasteiger partial charge < -0.3 is 9.88 Å². The Kier molecular flexibility index (Phi) is 5.35. The van der Waals surface area contributed by atoms with Crippen molar-refractivity contribution in [1.82, 2.24) is 24.3 Å². The number of carbonyl (C=O) groups excluding carboxylic acids is 1. The van der Waals surface area contributed by atoms with Crippen molar-refractivity contribution in [1.29, 1.82) is 0 Å². The molecule has 0 saturated carbocycles. The molecule has 146 valence electrons. The minimum atomic E-state index is -0.101. The van der Waals surface area contributed by atoms with E-state index >= 15 is 0 Å². The van der Waals surface area contributed by atoms with Crippen molar-refractivity contribution < 1.29 is 4.79 Å². The Hall–Kier alpha value is -3.52. The van der Waals surface area contributed by atoms with E-state index in [1.807, 2.05) is 70.8 Å². The number of hydrogen-bond acceptors (Lipinski definition) is 4. The van der Waals surface area contributed by atoms with E-state index in [-0.39, 0.29) is 12.3 Å². The Balaban J connectivity index is 1.50. The summed E-state index contributed by atoms with van der Waals surface area (Å²) in [7, 11) is 0. The highest BCUT2D eigenvalue weighted by Gasteiger charge is 2.12. The summed E-state index contributed by atoms with van der Waals surface area (Å²) in [5, 5.41) is 10.2. The van der Waals surface area contributed by atoms with Crippen molar-refractivity contribution in [2.24, 2.45) is 0 Å². The van der Waals surface area contributed by atoms with Crippen molar-refractivity contribution in [2.45, 2.75) is 19.9 Å². The number of aromatic amines is 1. The molecule has 0 unspecified atom stereocenters. The van der Waals surface area contributed by atoms with Crippen molar-refractivity contribution >= 4 is 23.8 Å². The van der Waals surface area contributed by atoms with Crippen LogP contribution in [0.4, 0.5) is 5.69 Å². The lowest BCUT2D eigenvalue weighted by Crippen LogP contribution is -2.16. The SMILES string of the molecule is Cc1cccc(-c2n[nH]c(=S)n2CCC(=O)Nc2ccccc2-n2ccnc2)c1. The molecule has 2 aromatic heterocycles. The Labute approximate surface area is 173 Å². The molecule has 0 atom stereocenters. The fraction of sp³-hybridized carbons (Fsp3) is 0.143. The molecule has 0 aliphatic rings. The number of nitrogens with one attached hydrogen (secondary N) is 2. The van der Waals surface area contributed by atoms with E-state index < -0.39 is 0 Å². The second kappa shape index (κ2) is 8.24. The van der Waals surface area contributed by atoms with Crippen molar-refractivity contribution in [3.8, 4) is 17.1 Å². The van der Waals surface area contributed by atoms with Crippen LogP contribution in [0.15, 0.2) is 67.3 Å². The van der Waals surface area contributed by atoms with Crippen LogP contribution in [0, 0.1) is 11.7 Å². The molecular weight excluding hydrogens is 384 g/mol. The highest BCUT2D eigenvalue weighted by molar-refractivity contribution is 7.71. The second-order valence-corrected chi connectivity index (χ2v) is 7.05. The number of aromatic nitrogens is 5. The minimum Gasteiger partial charge on any atom is -0.324 e. The summed E-state index contributed by atoms with van der Waals surface area (Å²) in [6.07, 6.45) is 5.50. The number of aryl methyl sites for hydroxylation is 1. The zero-order valence-electron chi connectivity index (χ0n) is 15.9. The van der Waals surface area contributed by atoms with Crippen molar-refractivity contribution in [3.63, 3.8) is 0 Å². The van der Waals surface area contributed by atoms with Gasteiger partial charge in [0, 0.05) is 30.9 Å². The summed E-state index contributed by atoms with van der Waals surface area (Å²) in [5.41, 5.74) is 3.68. The quantitative estimate of drug-likeness (QED) is 0.474. The maximum Gasteiger partial charge on any atom is 0.226 e. The zero-order valence-corrected chi connectivity index (χ0v) is 16.7. The number of rotatable bonds is 6. The van der Waals surface area contributed by atoms with Gasteiger partial charge in [0.05, 0.1) is 17.7 Å². The number of H-pyrrole nitrogens is 1. The number of amides is 1. The highest BCUT2D eigenvalue weighted by Crippen LogP contribution is 2.21. The molecule has 8 heteroatoms. The zero-order chi connectivity index (χ0) is 20.2. The van der Waals surface area contributed by atoms with Crippen LogP contribution >= 0.6 is 12.2 Å². The van der Waals surface area contributed by atoms with Gasteiger partial charge in [-0.15, -0.1) is 0 Å². The van der Waals surface area contributed by atoms with Crippen LogP contribution in [-0.4, -0.2) is 30.2 Å². The van der Waals surface area contributed by atoms with Gasteiger partial charge in [-0.05, 0) is 37.3 Å². The first kappa shape index (κ1) is 18.8. The number of nitrogens with zero attached hydrogens (tertiary/aromatic N) is 4. The van der Waals surface area contributed by atoms with Crippen LogP contribution in [-0.2, 0) is 11.3 Å². The number of para-hydroxylation sites is 2. The number of benzene rings is 2. The van der Waals surface area contributed by atoms with E-state index in [4.69, 9.17) is 12.2 Å². The highest BCUT2D eigenvalue weighted by atomic mass is 32.1. The number of imidazole rings is 1. The molecule has 0 aliphatic heterocycles. The molecule has 2 aromatic carbocycles. The molecule has 0 aliphatic carbocycles. The molecule has 4 rings (SSSR count). The van der Waals surface area contributed by atoms with Gasteiger partial charge in [0.2, 0.25) is 5.91 Å². The van der Waals surface area contributed by atoms with Crippen molar-refractivity contribution in [3.05, 3.63) is 77.6 Å². The lowest BCUT2D eigenvalue weighted by molar-refractivity contribution is -0.116. The summed E-state index contributed by atoms with van der Waals surface area (Å²) in [4.78, 5) is 16.7. The largest absolute Gasteiger partial charge is 0.324 e. The Morgan fingerprint density at radius 1 is 1.21 bits per heavy atom. The van der Waals surface area contributed by atoms with Gasteiger partial charge in [0.15, 0.2) is 10.6 Å². The Morgan fingerprint density at radius 2 is 2.07 bits per heavy atom. The minimum absolute atomic E-state index is 0.101. The van der Waals surface area contributed by atoms with Gasteiger partial charge in [-0.3, -0.25) is 14.5 Å². The average Bonchev–Trinajstić information content (AvgIpc) is 3.37. The van der Waals surface area contributed by atoms with Crippen molar-refractivity contribution in [2.75, 3.05) is 5.32 Å². The van der Waals surface area contributed by atoms with E-state index in [0.29, 0.717) is 11.3 Å². The van der Waals surface area contributed by atoms with Gasteiger partial charge >= 0.3 is 0 Å². The van der Waals surface area contributed by atoms with Crippen LogP contribution in [0.3, 0.4) is 0 Å². The van der Waals surface area contributed by atoms with Gasteiger partial charge in [-0.25, -0.2) is 4.98 Å². The number of hydrogen-bond donors (Lipinski definition) is 2. The van der Waals surface area contributed by atoms with Gasteiger partial charge in [-0.2, -0.15) is 5.10 Å². The molecule has 0 bridgehead atoms. The second-order valence-electron chi connectivity index (χ2n) is 6.66. The van der Waals surface area contributed by atoms with E-state index in [1.54, 1.807) is 12.5 Å². The summed E-state index contributed by atoms with van der Waals surface area (Å²) in [5.74, 6) is 0.626. The first-order valence-corrected chi connectivity index (χ1v) is 9.62. The summed E-state index contributed by atoms with van der Waals surface area (Å²) >= 11 is 5.37. The van der Waals surface area contributed by atoms with E-state index in [2.05, 4.69) is 20.5 Å². The third-order valence-corrected chi connectivity index (χ3v) is 4.87. The molecular formula is C21H20N6OS. The van der Waals surface area contributed by atoms with Crippen LogP contribution in [0.5, 0.6) is 0 Å². The first-order valence-electron chi connectivity index (χ1n) is 9.21. The molecule has 0 fully saturated rings.